The zero-order valence-electron chi connectivity index (χ0n) is 6.92. The third kappa shape index (κ3) is 1.12. The van der Waals surface area contributed by atoms with Crippen LogP contribution in [-0.4, -0.2) is 24.9 Å². The van der Waals surface area contributed by atoms with Crippen LogP contribution < -0.4 is 0 Å². The van der Waals surface area contributed by atoms with Crippen LogP contribution in [0.2, 0.25) is 4.31 Å². The molecule has 1 saturated heterocycles. The third-order valence-electron chi connectivity index (χ3n) is 2.49. The van der Waals surface area contributed by atoms with E-state index < -0.39 is 14.6 Å². The predicted octanol–water partition coefficient (Wildman–Crippen LogP) is 1.30. The molecule has 0 aromatic carbocycles. The first-order valence-electron chi connectivity index (χ1n) is 3.57. The Kier molecular flexibility index (Phi) is 2.12. The molecule has 1 radical (unpaired) electrons. The van der Waals surface area contributed by atoms with Gasteiger partial charge in [-0.1, -0.05) is 0 Å². The Labute approximate surface area is 67.1 Å². The average Bonchev–Trinajstić information content (AvgIpc) is 1.97. The molecule has 1 aliphatic rings. The van der Waals surface area contributed by atoms with E-state index >= 15 is 0 Å². The first-order valence-corrected chi connectivity index (χ1v) is 5.89. The van der Waals surface area contributed by atoms with Crippen molar-refractivity contribution in [2.45, 2.75) is 38.1 Å². The van der Waals surface area contributed by atoms with Crippen LogP contribution in [0.1, 0.15) is 27.7 Å². The van der Waals surface area contributed by atoms with Gasteiger partial charge in [0.15, 0.2) is 0 Å². The van der Waals surface area contributed by atoms with E-state index in [-0.39, 0.29) is 10.4 Å². The van der Waals surface area contributed by atoms with Crippen molar-refractivity contribution >= 4 is 14.6 Å². The van der Waals surface area contributed by atoms with Gasteiger partial charge in [-0.15, -0.1) is 0 Å². The Bertz CT molecular complexity index is 136. The quantitative estimate of drug-likeness (QED) is 0.611. The molecule has 61 valence electrons. The zero-order chi connectivity index (χ0) is 7.94. The summed E-state index contributed by atoms with van der Waals surface area (Å²) < 4.78 is 14.9. The molecule has 2 atom stereocenters. The van der Waals surface area contributed by atoms with E-state index in [4.69, 9.17) is 3.82 Å². The van der Waals surface area contributed by atoms with E-state index in [1.54, 1.807) is 0 Å². The molecule has 0 aromatic heterocycles. The molecular formula is C7H15O2Se. The zero-order valence-corrected chi connectivity index (χ0v) is 8.63. The van der Waals surface area contributed by atoms with Gasteiger partial charge < -0.3 is 0 Å². The Morgan fingerprint density at radius 2 is 1.90 bits per heavy atom. The molecule has 2 unspecified atom stereocenters. The van der Waals surface area contributed by atoms with Gasteiger partial charge in [-0.2, -0.15) is 0 Å². The third-order valence-corrected chi connectivity index (χ3v) is 6.18. The standard InChI is InChI=1S/C7H15O2Se/c1-5-6(2)9-10(8)7(5,3)4/h5-6,8H,1-4H3. The van der Waals surface area contributed by atoms with Crippen LogP contribution in [0.5, 0.6) is 0 Å². The normalized spacial score (nSPS) is 40.5. The number of rotatable bonds is 0. The fourth-order valence-electron chi connectivity index (χ4n) is 1.08. The number of hydrogen-bond donors (Lipinski definition) is 1. The van der Waals surface area contributed by atoms with Crippen LogP contribution in [0.15, 0.2) is 0 Å². The van der Waals surface area contributed by atoms with E-state index in [0.717, 1.165) is 0 Å². The maximum atomic E-state index is 9.50. The van der Waals surface area contributed by atoms with Gasteiger partial charge in [-0.25, -0.2) is 0 Å². The van der Waals surface area contributed by atoms with Crippen molar-refractivity contribution < 1.29 is 8.01 Å². The topological polar surface area (TPSA) is 29.5 Å². The van der Waals surface area contributed by atoms with Gasteiger partial charge in [0.1, 0.15) is 0 Å². The van der Waals surface area contributed by atoms with Crippen molar-refractivity contribution in [3.63, 3.8) is 0 Å². The van der Waals surface area contributed by atoms with Crippen LogP contribution in [0.4, 0.5) is 0 Å². The second kappa shape index (κ2) is 2.49. The summed E-state index contributed by atoms with van der Waals surface area (Å²) in [5, 5.41) is 0. The predicted molar refractivity (Wildman–Crippen MR) is 41.7 cm³/mol. The minimum absolute atomic E-state index is 0.0411. The SMILES string of the molecule is CC1O[Se](O)C(C)(C)C1C. The Morgan fingerprint density at radius 3 is 2.00 bits per heavy atom. The molecule has 0 bridgehead atoms. The summed E-state index contributed by atoms with van der Waals surface area (Å²) >= 11 is -1.75. The van der Waals surface area contributed by atoms with Gasteiger partial charge in [-0.3, -0.25) is 0 Å². The molecular weight excluding hydrogens is 195 g/mol. The molecule has 0 aliphatic carbocycles. The molecule has 1 rings (SSSR count). The second-order valence-corrected chi connectivity index (χ2v) is 7.10. The summed E-state index contributed by atoms with van der Waals surface area (Å²) in [4.78, 5) is 0. The van der Waals surface area contributed by atoms with Gasteiger partial charge in [0.25, 0.3) is 0 Å². The Hall–Kier alpha value is 0.439. The van der Waals surface area contributed by atoms with E-state index in [1.165, 1.54) is 0 Å². The molecule has 3 heteroatoms. The van der Waals surface area contributed by atoms with Crippen LogP contribution in [0, 0.1) is 5.92 Å². The van der Waals surface area contributed by atoms with E-state index in [1.807, 2.05) is 6.92 Å². The minimum atomic E-state index is -1.75. The van der Waals surface area contributed by atoms with Crippen LogP contribution >= 0.6 is 0 Å². The van der Waals surface area contributed by atoms with Crippen molar-refractivity contribution in [1.29, 1.82) is 0 Å². The second-order valence-electron chi connectivity index (χ2n) is 3.44. The van der Waals surface area contributed by atoms with Gasteiger partial charge in [0, 0.05) is 0 Å². The summed E-state index contributed by atoms with van der Waals surface area (Å²) in [7, 11) is 0. The Morgan fingerprint density at radius 1 is 1.40 bits per heavy atom. The molecule has 0 saturated carbocycles. The molecule has 1 fully saturated rings. The molecule has 10 heavy (non-hydrogen) atoms. The summed E-state index contributed by atoms with van der Waals surface area (Å²) in [6.07, 6.45) is 0.241. The van der Waals surface area contributed by atoms with Crippen LogP contribution in [-0.2, 0) is 3.82 Å². The summed E-state index contributed by atoms with van der Waals surface area (Å²) in [6, 6.07) is 0. The van der Waals surface area contributed by atoms with Gasteiger partial charge >= 0.3 is 66.6 Å². The number of hydrogen-bond acceptors (Lipinski definition) is 2. The molecule has 0 spiro atoms. The average molecular weight is 210 g/mol. The first kappa shape index (κ1) is 8.54. The fourth-order valence-corrected chi connectivity index (χ4v) is 3.62. The van der Waals surface area contributed by atoms with E-state index in [9.17, 15) is 4.19 Å². The summed E-state index contributed by atoms with van der Waals surface area (Å²) in [5.41, 5.74) is 0. The van der Waals surface area contributed by atoms with Crippen LogP contribution in [0.3, 0.4) is 0 Å². The van der Waals surface area contributed by atoms with Gasteiger partial charge in [-0.05, 0) is 0 Å². The molecule has 1 N–H and O–H groups in total. The van der Waals surface area contributed by atoms with Crippen molar-refractivity contribution in [2.75, 3.05) is 0 Å². The molecule has 1 heterocycles. The van der Waals surface area contributed by atoms with Gasteiger partial charge in [0.2, 0.25) is 0 Å². The van der Waals surface area contributed by atoms with Gasteiger partial charge in [0.05, 0.1) is 0 Å². The van der Waals surface area contributed by atoms with Crippen molar-refractivity contribution in [3.05, 3.63) is 0 Å². The first-order chi connectivity index (χ1) is 4.46. The Balaban J connectivity index is 2.75. The van der Waals surface area contributed by atoms with Crippen molar-refractivity contribution in [3.8, 4) is 0 Å². The monoisotopic (exact) mass is 211 g/mol. The molecule has 1 aliphatic heterocycles. The van der Waals surface area contributed by atoms with E-state index in [0.29, 0.717) is 5.92 Å². The maximum absolute atomic E-state index is 9.50. The van der Waals surface area contributed by atoms with E-state index in [2.05, 4.69) is 20.8 Å². The fraction of sp³-hybridized carbons (Fsp3) is 1.00. The molecule has 2 nitrogen and oxygen atoms in total. The molecule has 0 amide bonds. The van der Waals surface area contributed by atoms with Crippen LogP contribution in [0.25, 0.3) is 0 Å². The molecule has 0 aromatic rings. The summed E-state index contributed by atoms with van der Waals surface area (Å²) in [5.74, 6) is 0.488. The van der Waals surface area contributed by atoms with Crippen molar-refractivity contribution in [1.82, 2.24) is 0 Å². The summed E-state index contributed by atoms with van der Waals surface area (Å²) in [6.45, 7) is 8.36. The van der Waals surface area contributed by atoms with Crippen molar-refractivity contribution in [2.24, 2.45) is 5.92 Å².